The first-order chi connectivity index (χ1) is 9.40. The summed E-state index contributed by atoms with van der Waals surface area (Å²) in [6.07, 6.45) is 3.85. The molecule has 0 aliphatic heterocycles. The van der Waals surface area contributed by atoms with Crippen molar-refractivity contribution in [1.29, 1.82) is 5.26 Å². The topological polar surface area (TPSA) is 48.2 Å². The predicted octanol–water partition coefficient (Wildman–Crippen LogP) is 5.12. The van der Waals surface area contributed by atoms with Crippen LogP contribution in [0.15, 0.2) is 21.6 Å². The zero-order valence-corrected chi connectivity index (χ0v) is 14.9. The maximum Gasteiger partial charge on any atom is 0.183 e. The Morgan fingerprint density at radius 2 is 1.75 bits per heavy atom. The van der Waals surface area contributed by atoms with E-state index in [-0.39, 0.29) is 0 Å². The van der Waals surface area contributed by atoms with Gasteiger partial charge >= 0.3 is 0 Å². The molecular weight excluding hydrogens is 334 g/mol. The van der Waals surface area contributed by atoms with E-state index in [1.165, 1.54) is 22.9 Å². The van der Waals surface area contributed by atoms with E-state index in [1.807, 2.05) is 12.4 Å². The van der Waals surface area contributed by atoms with Crippen molar-refractivity contribution < 1.29 is 0 Å². The Balaban J connectivity index is 3.52. The normalized spacial score (nSPS) is 11.8. The van der Waals surface area contributed by atoms with E-state index in [0.29, 0.717) is 17.0 Å². The number of aliphatic imine (C=N–C) groups is 1. The van der Waals surface area contributed by atoms with Crippen molar-refractivity contribution in [3.05, 3.63) is 27.7 Å². The van der Waals surface area contributed by atoms with Gasteiger partial charge in [0.15, 0.2) is 11.4 Å². The van der Waals surface area contributed by atoms with Crippen molar-refractivity contribution in [2.45, 2.75) is 39.5 Å². The molecule has 0 aliphatic rings. The standard InChI is InChI=1S/C15H20BrN3S/c1-9(2)12-6-11(16)7-13(10(3)4)14(12)19-15(20-5)18-8-17/h6-7,9-10H,1-5H3,(H,18,19). The van der Waals surface area contributed by atoms with Gasteiger partial charge in [-0.05, 0) is 41.4 Å². The van der Waals surface area contributed by atoms with Crippen molar-refractivity contribution in [2.75, 3.05) is 6.26 Å². The lowest BCUT2D eigenvalue weighted by Gasteiger charge is -2.18. The molecule has 0 radical (unpaired) electrons. The van der Waals surface area contributed by atoms with Crippen LogP contribution in [0.2, 0.25) is 0 Å². The van der Waals surface area contributed by atoms with E-state index in [9.17, 15) is 0 Å². The molecule has 1 aromatic rings. The molecule has 1 N–H and O–H groups in total. The van der Waals surface area contributed by atoms with E-state index in [1.54, 1.807) is 0 Å². The molecule has 3 nitrogen and oxygen atoms in total. The summed E-state index contributed by atoms with van der Waals surface area (Å²) in [6.45, 7) is 8.62. The second-order valence-electron chi connectivity index (χ2n) is 5.10. The van der Waals surface area contributed by atoms with Crippen LogP contribution < -0.4 is 5.32 Å². The summed E-state index contributed by atoms with van der Waals surface area (Å²) < 4.78 is 1.07. The fourth-order valence-corrected chi connectivity index (χ4v) is 2.75. The van der Waals surface area contributed by atoms with Crippen molar-refractivity contribution in [1.82, 2.24) is 5.32 Å². The van der Waals surface area contributed by atoms with E-state index in [2.05, 4.69) is 66.1 Å². The molecule has 108 valence electrons. The van der Waals surface area contributed by atoms with Gasteiger partial charge in [0.05, 0.1) is 5.69 Å². The molecule has 0 bridgehead atoms. The summed E-state index contributed by atoms with van der Waals surface area (Å²) in [6, 6.07) is 4.22. The Kier molecular flexibility index (Phi) is 6.57. The molecule has 1 rings (SSSR count). The van der Waals surface area contributed by atoms with Crippen LogP contribution in [0, 0.1) is 11.5 Å². The maximum absolute atomic E-state index is 8.78. The molecule has 0 spiro atoms. The highest BCUT2D eigenvalue weighted by molar-refractivity contribution is 9.10. The number of nitriles is 1. The fraction of sp³-hybridized carbons (Fsp3) is 0.467. The van der Waals surface area contributed by atoms with Crippen LogP contribution >= 0.6 is 27.7 Å². The van der Waals surface area contributed by atoms with Gasteiger partial charge in [-0.15, -0.1) is 0 Å². The first-order valence-corrected chi connectivity index (χ1v) is 8.53. The quantitative estimate of drug-likeness (QED) is 0.355. The molecule has 0 unspecified atom stereocenters. The molecule has 0 aliphatic carbocycles. The predicted molar refractivity (Wildman–Crippen MR) is 91.7 cm³/mol. The van der Waals surface area contributed by atoms with Crippen LogP contribution in [0.5, 0.6) is 0 Å². The van der Waals surface area contributed by atoms with Gasteiger partial charge in [0, 0.05) is 4.47 Å². The van der Waals surface area contributed by atoms with Crippen LogP contribution in [-0.4, -0.2) is 11.4 Å². The molecule has 0 amide bonds. The number of nitrogens with one attached hydrogen (secondary N) is 1. The smallest absolute Gasteiger partial charge is 0.183 e. The lowest BCUT2D eigenvalue weighted by molar-refractivity contribution is 0.833. The van der Waals surface area contributed by atoms with Gasteiger partial charge in [0.25, 0.3) is 0 Å². The Hall–Kier alpha value is -0.990. The van der Waals surface area contributed by atoms with Crippen LogP contribution in [0.3, 0.4) is 0 Å². The summed E-state index contributed by atoms with van der Waals surface area (Å²) in [7, 11) is 0. The van der Waals surface area contributed by atoms with Crippen LogP contribution in [0.1, 0.15) is 50.7 Å². The van der Waals surface area contributed by atoms with Crippen LogP contribution in [0.4, 0.5) is 5.69 Å². The molecule has 0 heterocycles. The number of hydrogen-bond donors (Lipinski definition) is 1. The van der Waals surface area contributed by atoms with Gasteiger partial charge in [-0.3, -0.25) is 5.32 Å². The molecule has 20 heavy (non-hydrogen) atoms. The first kappa shape index (κ1) is 17.1. The summed E-state index contributed by atoms with van der Waals surface area (Å²) in [5.41, 5.74) is 3.36. The Morgan fingerprint density at radius 1 is 1.25 bits per heavy atom. The highest BCUT2D eigenvalue weighted by atomic mass is 79.9. The van der Waals surface area contributed by atoms with Gasteiger partial charge in [-0.2, -0.15) is 5.26 Å². The van der Waals surface area contributed by atoms with Crippen molar-refractivity contribution in [3.8, 4) is 6.19 Å². The summed E-state index contributed by atoms with van der Waals surface area (Å²) in [5.74, 6) is 0.739. The van der Waals surface area contributed by atoms with E-state index >= 15 is 0 Å². The van der Waals surface area contributed by atoms with Crippen LogP contribution in [0.25, 0.3) is 0 Å². The Labute approximate surface area is 134 Å². The number of rotatable bonds is 3. The lowest BCUT2D eigenvalue weighted by Crippen LogP contribution is -2.13. The van der Waals surface area contributed by atoms with Crippen molar-refractivity contribution in [2.24, 2.45) is 4.99 Å². The Bertz CT molecular complexity index is 516. The molecule has 0 fully saturated rings. The summed E-state index contributed by atoms with van der Waals surface area (Å²) in [5, 5.41) is 12.0. The number of amidine groups is 1. The van der Waals surface area contributed by atoms with E-state index < -0.39 is 0 Å². The minimum Gasteiger partial charge on any atom is -0.271 e. The van der Waals surface area contributed by atoms with Gasteiger partial charge < -0.3 is 0 Å². The second-order valence-corrected chi connectivity index (χ2v) is 6.81. The average molecular weight is 354 g/mol. The third-order valence-electron chi connectivity index (χ3n) is 2.95. The van der Waals surface area contributed by atoms with Gasteiger partial charge in [0.2, 0.25) is 0 Å². The van der Waals surface area contributed by atoms with Crippen molar-refractivity contribution in [3.63, 3.8) is 0 Å². The molecule has 0 saturated carbocycles. The largest absolute Gasteiger partial charge is 0.271 e. The molecular formula is C15H20BrN3S. The maximum atomic E-state index is 8.78. The number of hydrogen-bond acceptors (Lipinski definition) is 3. The fourth-order valence-electron chi connectivity index (χ4n) is 1.93. The zero-order valence-electron chi connectivity index (χ0n) is 12.5. The molecule has 0 aromatic heterocycles. The van der Waals surface area contributed by atoms with Gasteiger partial charge in [-0.1, -0.05) is 55.4 Å². The zero-order chi connectivity index (χ0) is 15.3. The molecule has 5 heteroatoms. The highest BCUT2D eigenvalue weighted by Crippen LogP contribution is 2.37. The number of halogens is 1. The minimum absolute atomic E-state index is 0.369. The third kappa shape index (κ3) is 4.26. The third-order valence-corrected chi connectivity index (χ3v) is 3.99. The molecule has 1 aromatic carbocycles. The first-order valence-electron chi connectivity index (χ1n) is 6.51. The SMILES string of the molecule is CSC(=Nc1c(C(C)C)cc(Br)cc1C(C)C)NC#N. The highest BCUT2D eigenvalue weighted by Gasteiger charge is 2.15. The monoisotopic (exact) mass is 353 g/mol. The molecule has 0 saturated heterocycles. The van der Waals surface area contributed by atoms with E-state index in [0.717, 1.165) is 10.2 Å². The number of thioether (sulfide) groups is 1. The number of nitrogens with zero attached hydrogens (tertiary/aromatic N) is 2. The number of benzene rings is 1. The average Bonchev–Trinajstić information content (AvgIpc) is 2.38. The summed E-state index contributed by atoms with van der Waals surface area (Å²) >= 11 is 5.02. The second kappa shape index (κ2) is 7.70. The minimum atomic E-state index is 0.369. The Morgan fingerprint density at radius 3 is 2.10 bits per heavy atom. The van der Waals surface area contributed by atoms with Crippen LogP contribution in [-0.2, 0) is 0 Å². The van der Waals surface area contributed by atoms with Crippen molar-refractivity contribution >= 4 is 38.5 Å². The van der Waals surface area contributed by atoms with Gasteiger partial charge in [-0.25, -0.2) is 4.99 Å². The lowest BCUT2D eigenvalue weighted by atomic mass is 9.93. The van der Waals surface area contributed by atoms with E-state index in [4.69, 9.17) is 5.26 Å². The molecule has 0 atom stereocenters. The van der Waals surface area contributed by atoms with Gasteiger partial charge in [0.1, 0.15) is 0 Å². The summed E-state index contributed by atoms with van der Waals surface area (Å²) in [4.78, 5) is 4.68.